The van der Waals surface area contributed by atoms with Gasteiger partial charge in [0, 0.05) is 31.4 Å². The van der Waals surface area contributed by atoms with Crippen LogP contribution in [0.25, 0.3) is 0 Å². The molecule has 20 heavy (non-hydrogen) atoms. The zero-order valence-electron chi connectivity index (χ0n) is 12.6. The zero-order valence-corrected chi connectivity index (χ0v) is 12.6. The van der Waals surface area contributed by atoms with Gasteiger partial charge in [-0.1, -0.05) is 5.16 Å². The summed E-state index contributed by atoms with van der Waals surface area (Å²) in [5.74, 6) is 0.939. The fourth-order valence-electron chi connectivity index (χ4n) is 2.85. The van der Waals surface area contributed by atoms with Gasteiger partial charge in [0.2, 0.25) is 0 Å². The Balaban J connectivity index is 2.49. The smallest absolute Gasteiger partial charge is 0.174 e. The second kappa shape index (κ2) is 5.66. The first-order chi connectivity index (χ1) is 9.43. The molecule has 3 N–H and O–H groups in total. The minimum atomic E-state index is 0.121. The molecule has 1 atom stereocenters. The van der Waals surface area contributed by atoms with Crippen molar-refractivity contribution in [2.24, 2.45) is 10.9 Å². The molecule has 0 amide bonds. The molecule has 0 saturated carbocycles. The number of pyridine rings is 1. The van der Waals surface area contributed by atoms with Crippen molar-refractivity contribution in [2.75, 3.05) is 31.6 Å². The van der Waals surface area contributed by atoms with Crippen LogP contribution >= 0.6 is 0 Å². The SMILES string of the molecule is Cc1cc(C)c(/C(N)=N/O)c(N2CCN(C)CC2C)n1. The van der Waals surface area contributed by atoms with Crippen LogP contribution in [0.4, 0.5) is 5.82 Å². The third-order valence-electron chi connectivity index (χ3n) is 3.79. The monoisotopic (exact) mass is 277 g/mol. The lowest BCUT2D eigenvalue weighted by Crippen LogP contribution is -2.51. The highest BCUT2D eigenvalue weighted by Gasteiger charge is 2.26. The highest BCUT2D eigenvalue weighted by molar-refractivity contribution is 6.02. The lowest BCUT2D eigenvalue weighted by atomic mass is 10.1. The molecular formula is C14H23N5O. The molecule has 1 aliphatic rings. The van der Waals surface area contributed by atoms with E-state index in [0.29, 0.717) is 6.04 Å². The summed E-state index contributed by atoms with van der Waals surface area (Å²) in [6, 6.07) is 2.30. The van der Waals surface area contributed by atoms with E-state index < -0.39 is 0 Å². The number of hydrogen-bond acceptors (Lipinski definition) is 5. The van der Waals surface area contributed by atoms with Crippen LogP contribution in [0.3, 0.4) is 0 Å². The number of nitrogens with zero attached hydrogens (tertiary/aromatic N) is 4. The molecule has 1 saturated heterocycles. The number of oxime groups is 1. The summed E-state index contributed by atoms with van der Waals surface area (Å²) >= 11 is 0. The van der Waals surface area contributed by atoms with E-state index >= 15 is 0 Å². The van der Waals surface area contributed by atoms with E-state index in [0.717, 1.165) is 42.3 Å². The summed E-state index contributed by atoms with van der Waals surface area (Å²) in [7, 11) is 2.12. The molecule has 1 fully saturated rings. The number of aromatic nitrogens is 1. The van der Waals surface area contributed by atoms with Gasteiger partial charge in [-0.05, 0) is 39.4 Å². The molecular weight excluding hydrogens is 254 g/mol. The van der Waals surface area contributed by atoms with Gasteiger partial charge in [0.05, 0.1) is 5.56 Å². The Labute approximate surface area is 119 Å². The van der Waals surface area contributed by atoms with E-state index in [4.69, 9.17) is 10.9 Å². The fraction of sp³-hybridized carbons (Fsp3) is 0.571. The van der Waals surface area contributed by atoms with Gasteiger partial charge in [0.1, 0.15) is 5.82 Å². The van der Waals surface area contributed by atoms with Crippen molar-refractivity contribution in [3.05, 3.63) is 22.9 Å². The lowest BCUT2D eigenvalue weighted by molar-refractivity contribution is 0.274. The molecule has 1 aliphatic heterocycles. The Bertz CT molecular complexity index is 529. The Morgan fingerprint density at radius 3 is 2.75 bits per heavy atom. The van der Waals surface area contributed by atoms with E-state index in [9.17, 15) is 0 Å². The van der Waals surface area contributed by atoms with Crippen LogP contribution < -0.4 is 10.6 Å². The molecule has 6 nitrogen and oxygen atoms in total. The highest BCUT2D eigenvalue weighted by atomic mass is 16.4. The van der Waals surface area contributed by atoms with Crippen LogP contribution in [0.1, 0.15) is 23.7 Å². The molecule has 2 heterocycles. The number of piperazine rings is 1. The zero-order chi connectivity index (χ0) is 14.9. The van der Waals surface area contributed by atoms with Crippen molar-refractivity contribution in [1.29, 1.82) is 0 Å². The van der Waals surface area contributed by atoms with E-state index in [2.05, 4.69) is 33.9 Å². The topological polar surface area (TPSA) is 78.0 Å². The van der Waals surface area contributed by atoms with E-state index in [-0.39, 0.29) is 5.84 Å². The van der Waals surface area contributed by atoms with Gasteiger partial charge >= 0.3 is 0 Å². The summed E-state index contributed by atoms with van der Waals surface area (Å²) in [6.45, 7) is 8.95. The molecule has 0 spiro atoms. The summed E-state index contributed by atoms with van der Waals surface area (Å²) < 4.78 is 0. The van der Waals surface area contributed by atoms with Crippen LogP contribution in [0.15, 0.2) is 11.2 Å². The number of hydrogen-bond donors (Lipinski definition) is 2. The van der Waals surface area contributed by atoms with Crippen molar-refractivity contribution in [3.8, 4) is 0 Å². The minimum Gasteiger partial charge on any atom is -0.409 e. The quantitative estimate of drug-likeness (QED) is 0.364. The van der Waals surface area contributed by atoms with Crippen LogP contribution in [-0.2, 0) is 0 Å². The van der Waals surface area contributed by atoms with Gasteiger partial charge in [0.15, 0.2) is 5.84 Å². The van der Waals surface area contributed by atoms with Gasteiger partial charge in [0.25, 0.3) is 0 Å². The maximum absolute atomic E-state index is 9.02. The van der Waals surface area contributed by atoms with Gasteiger partial charge in [-0.15, -0.1) is 0 Å². The third kappa shape index (κ3) is 2.70. The Kier molecular flexibility index (Phi) is 4.13. The summed E-state index contributed by atoms with van der Waals surface area (Å²) in [5, 5.41) is 12.2. The van der Waals surface area contributed by atoms with Crippen LogP contribution in [-0.4, -0.2) is 53.7 Å². The molecule has 6 heteroatoms. The number of likely N-dealkylation sites (N-methyl/N-ethyl adjacent to an activating group) is 1. The first kappa shape index (κ1) is 14.6. The van der Waals surface area contributed by atoms with Crippen molar-refractivity contribution in [3.63, 3.8) is 0 Å². The van der Waals surface area contributed by atoms with E-state index in [1.807, 2.05) is 19.9 Å². The normalized spacial score (nSPS) is 21.3. The van der Waals surface area contributed by atoms with E-state index in [1.54, 1.807) is 0 Å². The Hall–Kier alpha value is -1.82. The number of amidine groups is 1. The maximum atomic E-state index is 9.02. The summed E-state index contributed by atoms with van der Waals surface area (Å²) in [6.07, 6.45) is 0. The molecule has 0 bridgehead atoms. The molecule has 2 rings (SSSR count). The number of anilines is 1. The number of aryl methyl sites for hydroxylation is 2. The van der Waals surface area contributed by atoms with Crippen molar-refractivity contribution in [2.45, 2.75) is 26.8 Å². The summed E-state index contributed by atoms with van der Waals surface area (Å²) in [4.78, 5) is 9.18. The van der Waals surface area contributed by atoms with Gasteiger partial charge in [-0.2, -0.15) is 0 Å². The van der Waals surface area contributed by atoms with Gasteiger partial charge < -0.3 is 20.7 Å². The molecule has 1 aromatic rings. The Morgan fingerprint density at radius 1 is 1.45 bits per heavy atom. The van der Waals surface area contributed by atoms with Crippen molar-refractivity contribution >= 4 is 11.7 Å². The van der Waals surface area contributed by atoms with Crippen LogP contribution in [0, 0.1) is 13.8 Å². The van der Waals surface area contributed by atoms with Gasteiger partial charge in [-0.25, -0.2) is 4.98 Å². The molecule has 1 unspecified atom stereocenters. The molecule has 1 aromatic heterocycles. The molecule has 110 valence electrons. The minimum absolute atomic E-state index is 0.121. The number of nitrogens with two attached hydrogens (primary N) is 1. The lowest BCUT2D eigenvalue weighted by Gasteiger charge is -2.40. The second-order valence-corrected chi connectivity index (χ2v) is 5.57. The van der Waals surface area contributed by atoms with Crippen molar-refractivity contribution < 1.29 is 5.21 Å². The fourth-order valence-corrected chi connectivity index (χ4v) is 2.85. The second-order valence-electron chi connectivity index (χ2n) is 5.57. The first-order valence-corrected chi connectivity index (χ1v) is 6.85. The first-order valence-electron chi connectivity index (χ1n) is 6.85. The Morgan fingerprint density at radius 2 is 2.15 bits per heavy atom. The molecule has 0 aliphatic carbocycles. The number of rotatable bonds is 2. The predicted molar refractivity (Wildman–Crippen MR) is 80.5 cm³/mol. The molecule has 0 radical (unpaired) electrons. The third-order valence-corrected chi connectivity index (χ3v) is 3.79. The van der Waals surface area contributed by atoms with E-state index in [1.165, 1.54) is 0 Å². The van der Waals surface area contributed by atoms with Crippen molar-refractivity contribution in [1.82, 2.24) is 9.88 Å². The predicted octanol–water partition coefficient (Wildman–Crippen LogP) is 0.933. The maximum Gasteiger partial charge on any atom is 0.174 e. The average molecular weight is 277 g/mol. The van der Waals surface area contributed by atoms with Crippen LogP contribution in [0.2, 0.25) is 0 Å². The standard InChI is InChI=1S/C14H23N5O/c1-9-7-10(2)16-14(12(9)13(15)17-20)19-6-5-18(4)8-11(19)3/h7,11,20H,5-6,8H2,1-4H3,(H2,15,17). The van der Waals surface area contributed by atoms with Gasteiger partial charge in [-0.3, -0.25) is 0 Å². The molecule has 0 aromatic carbocycles. The highest BCUT2D eigenvalue weighted by Crippen LogP contribution is 2.25. The van der Waals surface area contributed by atoms with Crippen LogP contribution in [0.5, 0.6) is 0 Å². The largest absolute Gasteiger partial charge is 0.409 e. The summed E-state index contributed by atoms with van der Waals surface area (Å²) in [5.41, 5.74) is 8.50. The average Bonchev–Trinajstić information content (AvgIpc) is 2.37.